The molecule has 1 aliphatic rings. The van der Waals surface area contributed by atoms with Crippen LogP contribution in [0.1, 0.15) is 29.5 Å². The molecule has 0 bridgehead atoms. The number of halogens is 1. The zero-order chi connectivity index (χ0) is 14.1. The fourth-order valence-corrected chi connectivity index (χ4v) is 2.52. The summed E-state index contributed by atoms with van der Waals surface area (Å²) >= 11 is 0. The van der Waals surface area contributed by atoms with E-state index in [1.54, 1.807) is 12.1 Å². The van der Waals surface area contributed by atoms with E-state index in [-0.39, 0.29) is 5.82 Å². The summed E-state index contributed by atoms with van der Waals surface area (Å²) in [7, 11) is 0. The molecule has 2 aromatic rings. The van der Waals surface area contributed by atoms with Gasteiger partial charge in [0.2, 0.25) is 0 Å². The Balaban J connectivity index is 2.00. The van der Waals surface area contributed by atoms with Crippen LogP contribution in [0.2, 0.25) is 0 Å². The minimum absolute atomic E-state index is 0.170. The Hall–Kier alpha value is -1.67. The molecule has 0 amide bonds. The van der Waals surface area contributed by atoms with Gasteiger partial charge < -0.3 is 5.32 Å². The standard InChI is InChI=1S/C18H20FN/c1-12-3-4-13(2)17(9-12)18-10-15(19)6-5-14(18)11-20-16-7-8-16/h3-6,9-10,16,20H,7-8,11H2,1-2H3. The number of hydrogen-bond acceptors (Lipinski definition) is 1. The molecule has 2 heteroatoms. The van der Waals surface area contributed by atoms with Crippen LogP contribution in [0.4, 0.5) is 4.39 Å². The summed E-state index contributed by atoms with van der Waals surface area (Å²) in [5.41, 5.74) is 5.72. The summed E-state index contributed by atoms with van der Waals surface area (Å²) < 4.78 is 13.7. The second-order valence-corrected chi connectivity index (χ2v) is 5.78. The van der Waals surface area contributed by atoms with Gasteiger partial charge in [0.15, 0.2) is 0 Å². The van der Waals surface area contributed by atoms with Crippen molar-refractivity contribution in [3.8, 4) is 11.1 Å². The lowest BCUT2D eigenvalue weighted by molar-refractivity contribution is 0.625. The molecule has 0 saturated heterocycles. The van der Waals surface area contributed by atoms with Crippen molar-refractivity contribution in [3.63, 3.8) is 0 Å². The van der Waals surface area contributed by atoms with Crippen LogP contribution in [0.25, 0.3) is 11.1 Å². The highest BCUT2D eigenvalue weighted by molar-refractivity contribution is 5.71. The molecule has 0 atom stereocenters. The van der Waals surface area contributed by atoms with Crippen LogP contribution in [0.15, 0.2) is 36.4 Å². The quantitative estimate of drug-likeness (QED) is 0.869. The maximum Gasteiger partial charge on any atom is 0.123 e. The van der Waals surface area contributed by atoms with Gasteiger partial charge >= 0.3 is 0 Å². The Bertz CT molecular complexity index is 629. The number of hydrogen-bond donors (Lipinski definition) is 1. The van der Waals surface area contributed by atoms with Gasteiger partial charge in [0, 0.05) is 12.6 Å². The Kier molecular flexibility index (Phi) is 3.58. The van der Waals surface area contributed by atoms with Gasteiger partial charge in [-0.15, -0.1) is 0 Å². The van der Waals surface area contributed by atoms with Gasteiger partial charge in [-0.05, 0) is 61.1 Å². The Morgan fingerprint density at radius 1 is 1.05 bits per heavy atom. The molecule has 104 valence electrons. The lowest BCUT2D eigenvalue weighted by Crippen LogP contribution is -2.16. The number of aryl methyl sites for hydroxylation is 2. The number of rotatable bonds is 4. The zero-order valence-corrected chi connectivity index (χ0v) is 12.0. The first kappa shape index (κ1) is 13.3. The van der Waals surface area contributed by atoms with Crippen LogP contribution >= 0.6 is 0 Å². The zero-order valence-electron chi connectivity index (χ0n) is 12.0. The third-order valence-electron chi connectivity index (χ3n) is 3.91. The third-order valence-corrected chi connectivity index (χ3v) is 3.91. The lowest BCUT2D eigenvalue weighted by Gasteiger charge is -2.14. The van der Waals surface area contributed by atoms with Gasteiger partial charge in [-0.1, -0.05) is 29.8 Å². The molecular weight excluding hydrogens is 249 g/mol. The van der Waals surface area contributed by atoms with E-state index in [2.05, 4.69) is 37.4 Å². The smallest absolute Gasteiger partial charge is 0.123 e. The second-order valence-electron chi connectivity index (χ2n) is 5.78. The fraction of sp³-hybridized carbons (Fsp3) is 0.333. The van der Waals surface area contributed by atoms with Crippen molar-refractivity contribution < 1.29 is 4.39 Å². The molecule has 0 aromatic heterocycles. The maximum absolute atomic E-state index is 13.7. The van der Waals surface area contributed by atoms with Crippen LogP contribution in [0.5, 0.6) is 0 Å². The first-order chi connectivity index (χ1) is 9.63. The van der Waals surface area contributed by atoms with Crippen molar-refractivity contribution >= 4 is 0 Å². The molecule has 1 nitrogen and oxygen atoms in total. The van der Waals surface area contributed by atoms with E-state index in [0.717, 1.165) is 17.7 Å². The highest BCUT2D eigenvalue weighted by atomic mass is 19.1. The van der Waals surface area contributed by atoms with Gasteiger partial charge in [-0.3, -0.25) is 0 Å². The first-order valence-electron chi connectivity index (χ1n) is 7.23. The van der Waals surface area contributed by atoms with Gasteiger partial charge in [0.05, 0.1) is 0 Å². The van der Waals surface area contributed by atoms with Crippen LogP contribution in [0.3, 0.4) is 0 Å². The summed E-state index contributed by atoms with van der Waals surface area (Å²) in [6.45, 7) is 4.97. The molecule has 20 heavy (non-hydrogen) atoms. The molecule has 0 radical (unpaired) electrons. The normalized spacial score (nSPS) is 14.6. The van der Waals surface area contributed by atoms with Gasteiger partial charge in [0.1, 0.15) is 5.82 Å². The molecule has 0 spiro atoms. The Labute approximate surface area is 119 Å². The largest absolute Gasteiger partial charge is 0.310 e. The van der Waals surface area contributed by atoms with Crippen LogP contribution in [-0.4, -0.2) is 6.04 Å². The van der Waals surface area contributed by atoms with E-state index in [0.29, 0.717) is 6.04 Å². The summed E-state index contributed by atoms with van der Waals surface area (Å²) in [4.78, 5) is 0. The fourth-order valence-electron chi connectivity index (χ4n) is 2.52. The number of benzene rings is 2. The van der Waals surface area contributed by atoms with Crippen molar-refractivity contribution in [3.05, 3.63) is 58.9 Å². The summed E-state index contributed by atoms with van der Waals surface area (Å²) in [6, 6.07) is 12.1. The lowest BCUT2D eigenvalue weighted by atomic mass is 9.94. The topological polar surface area (TPSA) is 12.0 Å². The van der Waals surface area contributed by atoms with Crippen LogP contribution < -0.4 is 5.32 Å². The molecule has 1 N–H and O–H groups in total. The highest BCUT2D eigenvalue weighted by Gasteiger charge is 2.20. The van der Waals surface area contributed by atoms with Crippen molar-refractivity contribution in [2.45, 2.75) is 39.3 Å². The van der Waals surface area contributed by atoms with E-state index in [4.69, 9.17) is 0 Å². The van der Waals surface area contributed by atoms with Gasteiger partial charge in [-0.2, -0.15) is 0 Å². The van der Waals surface area contributed by atoms with Crippen molar-refractivity contribution in [2.24, 2.45) is 0 Å². The van der Waals surface area contributed by atoms with E-state index in [9.17, 15) is 4.39 Å². The minimum Gasteiger partial charge on any atom is -0.310 e. The average Bonchev–Trinajstić information content (AvgIpc) is 3.24. The minimum atomic E-state index is -0.170. The second kappa shape index (κ2) is 5.37. The molecule has 0 unspecified atom stereocenters. The Morgan fingerprint density at radius 3 is 2.60 bits per heavy atom. The maximum atomic E-state index is 13.7. The third kappa shape index (κ3) is 2.91. The summed E-state index contributed by atoms with van der Waals surface area (Å²) in [5, 5.41) is 3.51. The first-order valence-corrected chi connectivity index (χ1v) is 7.23. The molecule has 1 fully saturated rings. The SMILES string of the molecule is Cc1ccc(C)c(-c2cc(F)ccc2CNC2CC2)c1. The van der Waals surface area contributed by atoms with E-state index < -0.39 is 0 Å². The summed E-state index contributed by atoms with van der Waals surface area (Å²) in [5.74, 6) is -0.170. The molecule has 1 saturated carbocycles. The van der Waals surface area contributed by atoms with E-state index >= 15 is 0 Å². The molecule has 1 aliphatic carbocycles. The van der Waals surface area contributed by atoms with E-state index in [1.807, 2.05) is 6.07 Å². The molecule has 2 aromatic carbocycles. The van der Waals surface area contributed by atoms with Crippen LogP contribution in [0, 0.1) is 19.7 Å². The molecule has 3 rings (SSSR count). The van der Waals surface area contributed by atoms with E-state index in [1.165, 1.54) is 29.5 Å². The predicted octanol–water partition coefficient (Wildman–Crippen LogP) is 4.36. The summed E-state index contributed by atoms with van der Waals surface area (Å²) in [6.07, 6.45) is 2.53. The van der Waals surface area contributed by atoms with Crippen molar-refractivity contribution in [2.75, 3.05) is 0 Å². The van der Waals surface area contributed by atoms with Crippen molar-refractivity contribution in [1.29, 1.82) is 0 Å². The van der Waals surface area contributed by atoms with Gasteiger partial charge in [0.25, 0.3) is 0 Å². The van der Waals surface area contributed by atoms with Gasteiger partial charge in [-0.25, -0.2) is 4.39 Å². The number of nitrogens with one attached hydrogen (secondary N) is 1. The highest BCUT2D eigenvalue weighted by Crippen LogP contribution is 2.29. The Morgan fingerprint density at radius 2 is 1.85 bits per heavy atom. The molecular formula is C18H20FN. The average molecular weight is 269 g/mol. The predicted molar refractivity (Wildman–Crippen MR) is 81.2 cm³/mol. The van der Waals surface area contributed by atoms with Crippen molar-refractivity contribution in [1.82, 2.24) is 5.32 Å². The van der Waals surface area contributed by atoms with Crippen LogP contribution in [-0.2, 0) is 6.54 Å². The molecule has 0 heterocycles. The molecule has 0 aliphatic heterocycles. The monoisotopic (exact) mass is 269 g/mol.